The first-order valence-electron chi connectivity index (χ1n) is 7.55. The van der Waals surface area contributed by atoms with E-state index >= 15 is 0 Å². The van der Waals surface area contributed by atoms with Crippen LogP contribution < -0.4 is 10.5 Å². The van der Waals surface area contributed by atoms with Crippen LogP contribution in [0, 0.1) is 6.92 Å². The van der Waals surface area contributed by atoms with Crippen LogP contribution in [0.25, 0.3) is 0 Å². The molecule has 3 rings (SSSR count). The molecule has 1 unspecified atom stereocenters. The highest BCUT2D eigenvalue weighted by molar-refractivity contribution is 7.89. The van der Waals surface area contributed by atoms with Crippen LogP contribution in [0.4, 0.5) is 0 Å². The predicted molar refractivity (Wildman–Crippen MR) is 82.4 cm³/mol. The number of hydrogen-bond acceptors (Lipinski definition) is 4. The third kappa shape index (κ3) is 3.29. The second kappa shape index (κ2) is 5.68. The van der Waals surface area contributed by atoms with E-state index in [2.05, 4.69) is 9.62 Å². The average molecular weight is 309 g/mol. The van der Waals surface area contributed by atoms with Crippen LogP contribution in [-0.2, 0) is 16.6 Å². The summed E-state index contributed by atoms with van der Waals surface area (Å²) >= 11 is 0. The smallest absolute Gasteiger partial charge is 0.240 e. The number of benzene rings is 1. The van der Waals surface area contributed by atoms with Gasteiger partial charge in [0.25, 0.3) is 0 Å². The van der Waals surface area contributed by atoms with Crippen molar-refractivity contribution >= 4 is 10.0 Å². The van der Waals surface area contributed by atoms with Gasteiger partial charge in [0.15, 0.2) is 0 Å². The van der Waals surface area contributed by atoms with E-state index in [1.807, 2.05) is 13.0 Å². The van der Waals surface area contributed by atoms with Crippen molar-refractivity contribution in [1.29, 1.82) is 0 Å². The van der Waals surface area contributed by atoms with Crippen LogP contribution in [-0.4, -0.2) is 38.5 Å². The fraction of sp³-hybridized carbons (Fsp3) is 0.600. The molecule has 0 spiro atoms. The van der Waals surface area contributed by atoms with Gasteiger partial charge in [0.2, 0.25) is 10.0 Å². The Kier molecular flexibility index (Phi) is 4.05. The Balaban J connectivity index is 1.71. The molecule has 2 fully saturated rings. The lowest BCUT2D eigenvalue weighted by atomic mass is 10.1. The van der Waals surface area contributed by atoms with Gasteiger partial charge in [-0.25, -0.2) is 13.1 Å². The van der Waals surface area contributed by atoms with Gasteiger partial charge in [-0.3, -0.25) is 4.90 Å². The zero-order chi connectivity index (χ0) is 15.0. The van der Waals surface area contributed by atoms with Gasteiger partial charge in [-0.1, -0.05) is 6.07 Å². The molecule has 21 heavy (non-hydrogen) atoms. The van der Waals surface area contributed by atoms with Gasteiger partial charge in [-0.2, -0.15) is 0 Å². The molecule has 1 aromatic rings. The quantitative estimate of drug-likeness (QED) is 0.850. The van der Waals surface area contributed by atoms with Crippen LogP contribution in [0.3, 0.4) is 0 Å². The number of hydrogen-bond donors (Lipinski definition) is 2. The van der Waals surface area contributed by atoms with Gasteiger partial charge < -0.3 is 5.73 Å². The van der Waals surface area contributed by atoms with Crippen molar-refractivity contribution < 1.29 is 8.42 Å². The molecular formula is C15H23N3O2S. The number of likely N-dealkylation sites (tertiary alicyclic amines) is 1. The van der Waals surface area contributed by atoms with E-state index in [0.29, 0.717) is 17.5 Å². The van der Waals surface area contributed by atoms with E-state index in [4.69, 9.17) is 5.73 Å². The Labute approximate surface area is 126 Å². The summed E-state index contributed by atoms with van der Waals surface area (Å²) in [5, 5.41) is 0. The van der Waals surface area contributed by atoms with Gasteiger partial charge >= 0.3 is 0 Å². The van der Waals surface area contributed by atoms with Crippen LogP contribution in [0.1, 0.15) is 30.4 Å². The normalized spacial score (nSPS) is 23.6. The summed E-state index contributed by atoms with van der Waals surface area (Å²) in [6.45, 7) is 4.13. The Hall–Kier alpha value is -0.950. The fourth-order valence-electron chi connectivity index (χ4n) is 2.98. The molecule has 5 nitrogen and oxygen atoms in total. The van der Waals surface area contributed by atoms with E-state index in [9.17, 15) is 8.42 Å². The van der Waals surface area contributed by atoms with E-state index in [-0.39, 0.29) is 6.04 Å². The number of rotatable bonds is 5. The average Bonchev–Trinajstić information content (AvgIpc) is 3.20. The van der Waals surface area contributed by atoms with Crippen LogP contribution in [0.5, 0.6) is 0 Å². The maximum absolute atomic E-state index is 12.5. The third-order valence-electron chi connectivity index (χ3n) is 4.46. The van der Waals surface area contributed by atoms with Crippen molar-refractivity contribution in [2.24, 2.45) is 5.73 Å². The number of aryl methyl sites for hydroxylation is 1. The van der Waals surface area contributed by atoms with Gasteiger partial charge in [-0.15, -0.1) is 0 Å². The molecule has 3 N–H and O–H groups in total. The third-order valence-corrected chi connectivity index (χ3v) is 5.97. The molecule has 0 bridgehead atoms. The molecular weight excluding hydrogens is 286 g/mol. The molecule has 116 valence electrons. The van der Waals surface area contributed by atoms with Gasteiger partial charge in [0.05, 0.1) is 4.90 Å². The van der Waals surface area contributed by atoms with Crippen LogP contribution in [0.2, 0.25) is 0 Å². The van der Waals surface area contributed by atoms with E-state index in [0.717, 1.165) is 30.6 Å². The molecule has 0 radical (unpaired) electrons. The molecule has 0 aromatic heterocycles. The zero-order valence-electron chi connectivity index (χ0n) is 12.4. The SMILES string of the molecule is Cc1ccc(S(=O)(=O)NC2CCN(C3CC3)C2)cc1CN. The van der Waals surface area contributed by atoms with Crippen molar-refractivity contribution in [3.63, 3.8) is 0 Å². The largest absolute Gasteiger partial charge is 0.326 e. The summed E-state index contributed by atoms with van der Waals surface area (Å²) in [6.07, 6.45) is 3.42. The van der Waals surface area contributed by atoms with E-state index < -0.39 is 10.0 Å². The highest BCUT2D eigenvalue weighted by Gasteiger charge is 2.35. The molecule has 1 saturated heterocycles. The molecule has 1 aliphatic heterocycles. The number of sulfonamides is 1. The van der Waals surface area contributed by atoms with Gasteiger partial charge in [0, 0.05) is 31.7 Å². The minimum Gasteiger partial charge on any atom is -0.326 e. The maximum Gasteiger partial charge on any atom is 0.240 e. The Morgan fingerprint density at radius 2 is 2.10 bits per heavy atom. The molecule has 1 aliphatic carbocycles. The maximum atomic E-state index is 12.5. The number of nitrogens with two attached hydrogens (primary N) is 1. The molecule has 1 saturated carbocycles. The molecule has 6 heteroatoms. The van der Waals surface area contributed by atoms with Gasteiger partial charge in [0.1, 0.15) is 0 Å². The molecule has 0 amide bonds. The van der Waals surface area contributed by atoms with Crippen molar-refractivity contribution in [3.05, 3.63) is 29.3 Å². The minimum absolute atomic E-state index is 0.0261. The van der Waals surface area contributed by atoms with Crippen molar-refractivity contribution in [2.45, 2.75) is 49.7 Å². The lowest BCUT2D eigenvalue weighted by Crippen LogP contribution is -2.37. The zero-order valence-corrected chi connectivity index (χ0v) is 13.2. The molecule has 2 aliphatic rings. The molecule has 1 atom stereocenters. The summed E-state index contributed by atoms with van der Waals surface area (Å²) < 4.78 is 27.8. The Morgan fingerprint density at radius 3 is 2.76 bits per heavy atom. The lowest BCUT2D eigenvalue weighted by Gasteiger charge is -2.16. The lowest BCUT2D eigenvalue weighted by molar-refractivity contribution is 0.322. The summed E-state index contributed by atoms with van der Waals surface area (Å²) in [5.74, 6) is 0. The first-order valence-corrected chi connectivity index (χ1v) is 9.04. The van der Waals surface area contributed by atoms with Crippen molar-refractivity contribution in [3.8, 4) is 0 Å². The topological polar surface area (TPSA) is 75.4 Å². The Morgan fingerprint density at radius 1 is 1.33 bits per heavy atom. The van der Waals surface area contributed by atoms with E-state index in [1.165, 1.54) is 12.8 Å². The first kappa shape index (κ1) is 15.0. The first-order chi connectivity index (χ1) is 9.99. The molecule has 1 heterocycles. The van der Waals surface area contributed by atoms with Crippen LogP contribution >= 0.6 is 0 Å². The highest BCUT2D eigenvalue weighted by Crippen LogP contribution is 2.30. The number of nitrogens with zero attached hydrogens (tertiary/aromatic N) is 1. The highest BCUT2D eigenvalue weighted by atomic mass is 32.2. The van der Waals surface area contributed by atoms with E-state index in [1.54, 1.807) is 12.1 Å². The summed E-state index contributed by atoms with van der Waals surface area (Å²) in [4.78, 5) is 2.71. The summed E-state index contributed by atoms with van der Waals surface area (Å²) in [7, 11) is -3.45. The minimum atomic E-state index is -3.45. The second-order valence-corrected chi connectivity index (χ2v) is 7.84. The van der Waals surface area contributed by atoms with Crippen molar-refractivity contribution in [1.82, 2.24) is 9.62 Å². The Bertz CT molecular complexity index is 626. The molecule has 1 aromatic carbocycles. The predicted octanol–water partition coefficient (Wildman–Crippen LogP) is 0.969. The fourth-order valence-corrected chi connectivity index (χ4v) is 4.29. The monoisotopic (exact) mass is 309 g/mol. The van der Waals surface area contributed by atoms with Crippen molar-refractivity contribution in [2.75, 3.05) is 13.1 Å². The van der Waals surface area contributed by atoms with Crippen LogP contribution in [0.15, 0.2) is 23.1 Å². The summed E-state index contributed by atoms with van der Waals surface area (Å²) in [5.41, 5.74) is 7.57. The van der Waals surface area contributed by atoms with Gasteiger partial charge in [-0.05, 0) is 49.4 Å². The second-order valence-electron chi connectivity index (χ2n) is 6.13. The summed E-state index contributed by atoms with van der Waals surface area (Å²) in [6, 6.07) is 5.89. The standard InChI is InChI=1S/C15H23N3O2S/c1-11-2-5-15(8-12(11)9-16)21(19,20)17-13-6-7-18(10-13)14-3-4-14/h2,5,8,13-14,17H,3-4,6-7,9-10,16H2,1H3. The number of nitrogens with one attached hydrogen (secondary N) is 1.